The van der Waals surface area contributed by atoms with Gasteiger partial charge in [0.05, 0.1) is 26.8 Å². The molecule has 0 atom stereocenters. The molecule has 0 unspecified atom stereocenters. The van der Waals surface area contributed by atoms with Gasteiger partial charge in [0.15, 0.2) is 0 Å². The minimum atomic E-state index is -3.62. The summed E-state index contributed by atoms with van der Waals surface area (Å²) in [6, 6.07) is 10.1. The molecule has 2 aromatic carbocycles. The number of sulfone groups is 1. The van der Waals surface area contributed by atoms with E-state index in [0.717, 1.165) is 6.54 Å². The van der Waals surface area contributed by atoms with Crippen molar-refractivity contribution < 1.29 is 8.42 Å². The molecule has 0 aliphatic heterocycles. The maximum Gasteiger partial charge on any atom is 0.207 e. The smallest absolute Gasteiger partial charge is 0.207 e. The average Bonchev–Trinajstić information content (AvgIpc) is 2.54. The van der Waals surface area contributed by atoms with Gasteiger partial charge in [-0.15, -0.1) is 0 Å². The Morgan fingerprint density at radius 3 is 2.42 bits per heavy atom. The van der Waals surface area contributed by atoms with Crippen molar-refractivity contribution in [1.29, 1.82) is 0 Å². The number of hydrogen-bond acceptors (Lipinski definition) is 3. The Hall–Kier alpha value is -1.85. The van der Waals surface area contributed by atoms with Crippen LogP contribution in [-0.2, 0) is 9.84 Å². The highest BCUT2D eigenvalue weighted by molar-refractivity contribution is 7.91. The summed E-state index contributed by atoms with van der Waals surface area (Å²) in [5.41, 5.74) is 1.88. The van der Waals surface area contributed by atoms with Crippen molar-refractivity contribution >= 4 is 33.5 Å². The summed E-state index contributed by atoms with van der Waals surface area (Å²) in [5, 5.41) is 0.313. The fourth-order valence-electron chi connectivity index (χ4n) is 2.26. The van der Waals surface area contributed by atoms with Crippen LogP contribution >= 0.6 is 11.6 Å². The van der Waals surface area contributed by atoms with Crippen LogP contribution in [0.25, 0.3) is 0 Å². The van der Waals surface area contributed by atoms with Crippen molar-refractivity contribution in [2.24, 2.45) is 4.99 Å². The lowest BCUT2D eigenvalue weighted by Gasteiger charge is -2.13. The topological polar surface area (TPSA) is 49.7 Å². The number of aliphatic imine (C=N–C) groups is 1. The maximum atomic E-state index is 12.9. The zero-order valence-electron chi connectivity index (χ0n) is 14.2. The van der Waals surface area contributed by atoms with Crippen LogP contribution in [0.1, 0.15) is 18.1 Å². The van der Waals surface area contributed by atoms with Gasteiger partial charge in [-0.25, -0.2) is 13.4 Å². The highest BCUT2D eigenvalue weighted by Gasteiger charge is 2.23. The Balaban J connectivity index is 2.52. The summed E-state index contributed by atoms with van der Waals surface area (Å²) < 4.78 is 25.9. The van der Waals surface area contributed by atoms with Crippen molar-refractivity contribution in [3.8, 4) is 0 Å². The summed E-state index contributed by atoms with van der Waals surface area (Å²) in [5.74, 6) is 0. The van der Waals surface area contributed by atoms with Gasteiger partial charge in [-0.3, -0.25) is 0 Å². The van der Waals surface area contributed by atoms with E-state index < -0.39 is 9.84 Å². The zero-order chi connectivity index (χ0) is 17.9. The molecule has 0 N–H and O–H groups in total. The lowest BCUT2D eigenvalue weighted by atomic mass is 10.2. The van der Waals surface area contributed by atoms with Crippen LogP contribution in [-0.4, -0.2) is 33.2 Å². The van der Waals surface area contributed by atoms with Crippen LogP contribution in [0, 0.1) is 13.8 Å². The van der Waals surface area contributed by atoms with Gasteiger partial charge in [0, 0.05) is 13.6 Å². The third kappa shape index (κ3) is 3.79. The molecule has 0 saturated heterocycles. The Morgan fingerprint density at radius 2 is 1.79 bits per heavy atom. The average molecular weight is 365 g/mol. The molecule has 0 fully saturated rings. The zero-order valence-corrected chi connectivity index (χ0v) is 15.8. The third-order valence-corrected chi connectivity index (χ3v) is 6.17. The molecule has 24 heavy (non-hydrogen) atoms. The summed E-state index contributed by atoms with van der Waals surface area (Å²) >= 11 is 6.26. The molecule has 4 nitrogen and oxygen atoms in total. The molecule has 128 valence electrons. The fraction of sp³-hybridized carbons (Fsp3) is 0.278. The number of aryl methyl sites for hydroxylation is 2. The first kappa shape index (κ1) is 18.5. The van der Waals surface area contributed by atoms with Crippen LogP contribution in [0.15, 0.2) is 51.2 Å². The highest BCUT2D eigenvalue weighted by atomic mass is 35.5. The lowest BCUT2D eigenvalue weighted by molar-refractivity contribution is 0.552. The van der Waals surface area contributed by atoms with Gasteiger partial charge >= 0.3 is 0 Å². The highest BCUT2D eigenvalue weighted by Crippen LogP contribution is 2.34. The minimum Gasteiger partial charge on any atom is -0.366 e. The van der Waals surface area contributed by atoms with Gasteiger partial charge < -0.3 is 4.90 Å². The summed E-state index contributed by atoms with van der Waals surface area (Å²) in [6.07, 6.45) is 1.68. The van der Waals surface area contributed by atoms with E-state index in [1.807, 2.05) is 24.9 Å². The molecule has 0 bridgehead atoms. The number of halogens is 1. The molecule has 0 saturated carbocycles. The van der Waals surface area contributed by atoms with E-state index in [2.05, 4.69) is 4.99 Å². The Kier molecular flexibility index (Phi) is 5.67. The van der Waals surface area contributed by atoms with Crippen LogP contribution in [0.5, 0.6) is 0 Å². The van der Waals surface area contributed by atoms with E-state index in [-0.39, 0.29) is 4.90 Å². The van der Waals surface area contributed by atoms with Crippen molar-refractivity contribution in [2.45, 2.75) is 30.6 Å². The number of benzene rings is 2. The standard InChI is InChI=1S/C18H21ClN2O2S/c1-5-21(4)12-20-16-10-14(3)18(11-15(16)19)24(22,23)17-9-7-6-8-13(17)2/h6-12H,5H2,1-4H3. The van der Waals surface area contributed by atoms with Gasteiger partial charge in [-0.1, -0.05) is 29.8 Å². The van der Waals surface area contributed by atoms with E-state index in [4.69, 9.17) is 11.6 Å². The minimum absolute atomic E-state index is 0.213. The largest absolute Gasteiger partial charge is 0.366 e. The van der Waals surface area contributed by atoms with Crippen molar-refractivity contribution in [1.82, 2.24) is 4.90 Å². The van der Waals surface area contributed by atoms with Crippen LogP contribution in [0.2, 0.25) is 5.02 Å². The molecule has 2 aromatic rings. The number of hydrogen-bond donors (Lipinski definition) is 0. The van der Waals surface area contributed by atoms with Crippen molar-refractivity contribution in [3.05, 3.63) is 52.5 Å². The van der Waals surface area contributed by atoms with Gasteiger partial charge in [-0.05, 0) is 50.1 Å². The van der Waals surface area contributed by atoms with Crippen molar-refractivity contribution in [3.63, 3.8) is 0 Å². The molecular weight excluding hydrogens is 344 g/mol. The molecule has 2 rings (SSSR count). The van der Waals surface area contributed by atoms with E-state index in [1.54, 1.807) is 44.5 Å². The lowest BCUT2D eigenvalue weighted by Crippen LogP contribution is -2.14. The van der Waals surface area contributed by atoms with Gasteiger partial charge in [0.2, 0.25) is 9.84 Å². The van der Waals surface area contributed by atoms with Gasteiger partial charge in [0.25, 0.3) is 0 Å². The first-order valence-electron chi connectivity index (χ1n) is 7.62. The summed E-state index contributed by atoms with van der Waals surface area (Å²) in [7, 11) is -1.72. The maximum absolute atomic E-state index is 12.9. The Morgan fingerprint density at radius 1 is 1.12 bits per heavy atom. The molecule has 0 amide bonds. The molecular formula is C18H21ClN2O2S. The second kappa shape index (κ2) is 7.36. The molecule has 0 spiro atoms. The predicted octanol–water partition coefficient (Wildman–Crippen LogP) is 4.40. The second-order valence-corrected chi connectivity index (χ2v) is 7.95. The first-order valence-corrected chi connectivity index (χ1v) is 9.48. The van der Waals surface area contributed by atoms with Crippen LogP contribution in [0.4, 0.5) is 5.69 Å². The van der Waals surface area contributed by atoms with Crippen LogP contribution in [0.3, 0.4) is 0 Å². The summed E-state index contributed by atoms with van der Waals surface area (Å²) in [4.78, 5) is 6.74. The quantitative estimate of drug-likeness (QED) is 0.583. The molecule has 6 heteroatoms. The second-order valence-electron chi connectivity index (χ2n) is 5.66. The SMILES string of the molecule is CCN(C)C=Nc1cc(C)c(S(=O)(=O)c2ccccc2C)cc1Cl. The van der Waals surface area contributed by atoms with Gasteiger partial charge in [-0.2, -0.15) is 0 Å². The predicted molar refractivity (Wildman–Crippen MR) is 99.3 cm³/mol. The molecule has 0 heterocycles. The molecule has 0 aliphatic carbocycles. The first-order chi connectivity index (χ1) is 11.3. The molecule has 0 aliphatic rings. The number of rotatable bonds is 5. The monoisotopic (exact) mass is 364 g/mol. The molecule has 0 aromatic heterocycles. The normalized spacial score (nSPS) is 11.9. The van der Waals surface area contributed by atoms with E-state index in [1.165, 1.54) is 6.07 Å². The fourth-order valence-corrected chi connectivity index (χ4v) is 4.27. The Labute approximate surface area is 148 Å². The van der Waals surface area contributed by atoms with Gasteiger partial charge in [0.1, 0.15) is 0 Å². The third-order valence-electron chi connectivity index (χ3n) is 3.81. The van der Waals surface area contributed by atoms with Crippen LogP contribution < -0.4 is 0 Å². The van der Waals surface area contributed by atoms with Crippen molar-refractivity contribution in [2.75, 3.05) is 13.6 Å². The van der Waals surface area contributed by atoms with E-state index in [0.29, 0.717) is 26.7 Å². The van der Waals surface area contributed by atoms with E-state index in [9.17, 15) is 8.42 Å². The molecule has 0 radical (unpaired) electrons. The Bertz CT molecular complexity index is 877. The van der Waals surface area contributed by atoms with E-state index >= 15 is 0 Å². The number of nitrogens with zero attached hydrogens (tertiary/aromatic N) is 2. The summed E-state index contributed by atoms with van der Waals surface area (Å²) in [6.45, 7) is 6.36.